The summed E-state index contributed by atoms with van der Waals surface area (Å²) < 4.78 is 6.40. The van der Waals surface area contributed by atoms with Gasteiger partial charge in [0.05, 0.1) is 16.6 Å². The van der Waals surface area contributed by atoms with Crippen molar-refractivity contribution in [1.82, 2.24) is 5.16 Å². The third-order valence-electron chi connectivity index (χ3n) is 3.48. The Kier molecular flexibility index (Phi) is 3.54. The van der Waals surface area contributed by atoms with E-state index in [0.717, 1.165) is 32.6 Å². The van der Waals surface area contributed by atoms with E-state index in [-0.39, 0.29) is 0 Å². The molecule has 0 amide bonds. The maximum absolute atomic E-state index is 5.61. The molecule has 1 aromatic heterocycles. The van der Waals surface area contributed by atoms with Crippen LogP contribution >= 0.6 is 28.1 Å². The highest BCUT2D eigenvalue weighted by molar-refractivity contribution is 9.10. The minimum absolute atomic E-state index is 0.518. The molecule has 0 spiro atoms. The summed E-state index contributed by atoms with van der Waals surface area (Å²) in [6, 6.07) is 6.33. The second kappa shape index (κ2) is 5.17. The molecular formula is C15H14BrNOS. The van der Waals surface area contributed by atoms with Crippen molar-refractivity contribution in [3.63, 3.8) is 0 Å². The number of aryl methyl sites for hydroxylation is 1. The van der Waals surface area contributed by atoms with Gasteiger partial charge in [-0.3, -0.25) is 0 Å². The van der Waals surface area contributed by atoms with Crippen LogP contribution in [0.2, 0.25) is 0 Å². The minimum Gasteiger partial charge on any atom is -0.360 e. The summed E-state index contributed by atoms with van der Waals surface area (Å²) in [6.45, 7) is 2.14. The van der Waals surface area contributed by atoms with E-state index in [2.05, 4.69) is 46.2 Å². The summed E-state index contributed by atoms with van der Waals surface area (Å²) in [6.07, 6.45) is 5.13. The molecule has 0 aliphatic heterocycles. The van der Waals surface area contributed by atoms with Gasteiger partial charge < -0.3 is 4.52 Å². The maximum atomic E-state index is 5.61. The normalized spacial score (nSPS) is 14.6. The topological polar surface area (TPSA) is 26.0 Å². The number of aromatic nitrogens is 1. The summed E-state index contributed by atoms with van der Waals surface area (Å²) in [4.78, 5) is 0.817. The highest BCUT2D eigenvalue weighted by Gasteiger charge is 2.31. The first kappa shape index (κ1) is 13.0. The van der Waals surface area contributed by atoms with Gasteiger partial charge in [-0.15, -0.1) is 0 Å². The van der Waals surface area contributed by atoms with E-state index in [9.17, 15) is 0 Å². The fourth-order valence-corrected chi connectivity index (χ4v) is 3.25. The zero-order chi connectivity index (χ0) is 13.4. The van der Waals surface area contributed by atoms with E-state index < -0.39 is 0 Å². The van der Waals surface area contributed by atoms with Gasteiger partial charge in [0.25, 0.3) is 0 Å². The lowest BCUT2D eigenvalue weighted by atomic mass is 10.0. The van der Waals surface area contributed by atoms with Crippen LogP contribution in [0.15, 0.2) is 33.4 Å². The Labute approximate surface area is 126 Å². The van der Waals surface area contributed by atoms with Gasteiger partial charge in [-0.2, -0.15) is 0 Å². The number of thiocarbonyl (C=S) groups is 1. The number of nitrogens with zero attached hydrogens (tertiary/aromatic N) is 1. The number of hydrogen-bond acceptors (Lipinski definition) is 3. The van der Waals surface area contributed by atoms with Crippen molar-refractivity contribution >= 4 is 33.0 Å². The molecule has 4 heteroatoms. The van der Waals surface area contributed by atoms with E-state index in [1.165, 1.54) is 18.4 Å². The molecule has 3 rings (SSSR count). The molecule has 98 valence electrons. The van der Waals surface area contributed by atoms with Crippen LogP contribution < -0.4 is 0 Å². The van der Waals surface area contributed by atoms with Crippen LogP contribution in [0, 0.1) is 0 Å². The van der Waals surface area contributed by atoms with Gasteiger partial charge in [0.1, 0.15) is 5.76 Å². The molecule has 1 saturated carbocycles. The van der Waals surface area contributed by atoms with E-state index >= 15 is 0 Å². The molecular weight excluding hydrogens is 322 g/mol. The van der Waals surface area contributed by atoms with Crippen molar-refractivity contribution in [2.45, 2.75) is 32.1 Å². The molecule has 0 unspecified atom stereocenters. The Bertz CT molecular complexity index is 631. The Morgan fingerprint density at radius 1 is 1.42 bits per heavy atom. The lowest BCUT2D eigenvalue weighted by Crippen LogP contribution is -2.02. The van der Waals surface area contributed by atoms with E-state index in [1.54, 1.807) is 6.20 Å². The van der Waals surface area contributed by atoms with Gasteiger partial charge in [0.15, 0.2) is 0 Å². The summed E-state index contributed by atoms with van der Waals surface area (Å²) in [5.74, 6) is 1.47. The molecule has 0 radical (unpaired) electrons. The average molecular weight is 336 g/mol. The number of rotatable bonds is 4. The maximum Gasteiger partial charge on any atom is 0.148 e. The summed E-state index contributed by atoms with van der Waals surface area (Å²) >= 11 is 9.23. The highest BCUT2D eigenvalue weighted by atomic mass is 79.9. The molecule has 1 fully saturated rings. The lowest BCUT2D eigenvalue weighted by Gasteiger charge is -2.07. The van der Waals surface area contributed by atoms with E-state index in [1.807, 2.05) is 0 Å². The molecule has 0 atom stereocenters. The third kappa shape index (κ3) is 2.51. The first-order valence-corrected chi connectivity index (χ1v) is 7.68. The van der Waals surface area contributed by atoms with Crippen LogP contribution in [0.5, 0.6) is 0 Å². The van der Waals surface area contributed by atoms with E-state index in [4.69, 9.17) is 16.7 Å². The number of benzene rings is 1. The second-order valence-corrected chi connectivity index (χ2v) is 6.14. The summed E-state index contributed by atoms with van der Waals surface area (Å²) in [5, 5.41) is 3.92. The van der Waals surface area contributed by atoms with E-state index in [0.29, 0.717) is 5.92 Å². The molecule has 2 nitrogen and oxygen atoms in total. The molecule has 19 heavy (non-hydrogen) atoms. The zero-order valence-corrected chi connectivity index (χ0v) is 13.1. The van der Waals surface area contributed by atoms with Gasteiger partial charge in [-0.25, -0.2) is 0 Å². The van der Waals surface area contributed by atoms with Crippen LogP contribution in [0.3, 0.4) is 0 Å². The molecule has 0 N–H and O–H groups in total. The molecule has 2 aromatic rings. The van der Waals surface area contributed by atoms with Crippen LogP contribution in [-0.2, 0) is 6.42 Å². The Hall–Kier alpha value is -1.00. The fourth-order valence-electron chi connectivity index (χ4n) is 2.17. The van der Waals surface area contributed by atoms with Crippen molar-refractivity contribution in [2.75, 3.05) is 0 Å². The van der Waals surface area contributed by atoms with Gasteiger partial charge in [-0.1, -0.05) is 52.4 Å². The van der Waals surface area contributed by atoms with Gasteiger partial charge in [-0.05, 0) is 30.9 Å². The third-order valence-corrected chi connectivity index (χ3v) is 4.57. The predicted molar refractivity (Wildman–Crippen MR) is 82.8 cm³/mol. The van der Waals surface area contributed by atoms with Crippen molar-refractivity contribution in [3.05, 3.63) is 51.3 Å². The number of halogens is 1. The molecule has 0 saturated heterocycles. The SMILES string of the molecule is CCc1ccc(C(=S)c2cnoc2C2CC2)c(Br)c1. The Morgan fingerprint density at radius 2 is 2.21 bits per heavy atom. The van der Waals surface area contributed by atoms with Gasteiger partial charge in [0.2, 0.25) is 0 Å². The second-order valence-electron chi connectivity index (χ2n) is 4.87. The minimum atomic E-state index is 0.518. The Balaban J connectivity index is 1.97. The Morgan fingerprint density at radius 3 is 2.84 bits per heavy atom. The largest absolute Gasteiger partial charge is 0.360 e. The summed E-state index contributed by atoms with van der Waals surface area (Å²) in [7, 11) is 0. The van der Waals surface area contributed by atoms with Crippen molar-refractivity contribution in [1.29, 1.82) is 0 Å². The van der Waals surface area contributed by atoms with Crippen molar-refractivity contribution in [2.24, 2.45) is 0 Å². The lowest BCUT2D eigenvalue weighted by molar-refractivity contribution is 0.384. The summed E-state index contributed by atoms with van der Waals surface area (Å²) in [5.41, 5.74) is 3.31. The fraction of sp³-hybridized carbons (Fsp3) is 0.333. The van der Waals surface area contributed by atoms with Crippen molar-refractivity contribution < 1.29 is 4.52 Å². The average Bonchev–Trinajstić information content (AvgIpc) is 3.15. The quantitative estimate of drug-likeness (QED) is 0.601. The van der Waals surface area contributed by atoms with Crippen LogP contribution in [0.1, 0.15) is 48.1 Å². The van der Waals surface area contributed by atoms with Crippen LogP contribution in [0.4, 0.5) is 0 Å². The van der Waals surface area contributed by atoms with Crippen molar-refractivity contribution in [3.8, 4) is 0 Å². The highest BCUT2D eigenvalue weighted by Crippen LogP contribution is 2.42. The van der Waals surface area contributed by atoms with Crippen LogP contribution in [0.25, 0.3) is 0 Å². The first-order valence-electron chi connectivity index (χ1n) is 6.48. The number of hydrogen-bond donors (Lipinski definition) is 0. The zero-order valence-electron chi connectivity index (χ0n) is 10.6. The molecule has 1 aliphatic carbocycles. The molecule has 1 aliphatic rings. The molecule has 0 bridgehead atoms. The van der Waals surface area contributed by atoms with Gasteiger partial charge in [0, 0.05) is 16.0 Å². The van der Waals surface area contributed by atoms with Gasteiger partial charge >= 0.3 is 0 Å². The predicted octanol–water partition coefficient (Wildman–Crippen LogP) is 4.64. The molecule has 1 aromatic carbocycles. The smallest absolute Gasteiger partial charge is 0.148 e. The molecule has 1 heterocycles. The first-order chi connectivity index (χ1) is 9.20. The monoisotopic (exact) mass is 335 g/mol. The standard InChI is InChI=1S/C15H14BrNOS/c1-2-9-3-6-11(13(16)7-9)15(19)12-8-17-18-14(12)10-4-5-10/h3,6-8,10H,2,4-5H2,1H3. The van der Waals surface area contributed by atoms with Crippen LogP contribution in [-0.4, -0.2) is 10.0 Å².